The van der Waals surface area contributed by atoms with Crippen molar-refractivity contribution in [2.75, 3.05) is 6.54 Å². The molecule has 9 heteroatoms. The second-order valence-electron chi connectivity index (χ2n) is 4.39. The van der Waals surface area contributed by atoms with Crippen molar-refractivity contribution in [3.8, 4) is 0 Å². The summed E-state index contributed by atoms with van der Waals surface area (Å²) in [6.45, 7) is 3.65. The molecule has 0 aromatic carbocycles. The van der Waals surface area contributed by atoms with Crippen LogP contribution in [0.3, 0.4) is 0 Å². The fourth-order valence-electron chi connectivity index (χ4n) is 1.60. The molecular weight excluding hydrogens is 348 g/mol. The van der Waals surface area contributed by atoms with Crippen molar-refractivity contribution in [1.82, 2.24) is 9.29 Å². The van der Waals surface area contributed by atoms with Crippen LogP contribution >= 0.6 is 15.9 Å². The summed E-state index contributed by atoms with van der Waals surface area (Å²) >= 11 is 3.20. The highest BCUT2D eigenvalue weighted by Crippen LogP contribution is 2.20. The van der Waals surface area contributed by atoms with Gasteiger partial charge in [-0.2, -0.15) is 4.31 Å². The van der Waals surface area contributed by atoms with Crippen molar-refractivity contribution in [3.63, 3.8) is 0 Å². The van der Waals surface area contributed by atoms with Crippen LogP contribution < -0.4 is 5.73 Å². The zero-order valence-corrected chi connectivity index (χ0v) is 13.6. The normalized spacial score (nSPS) is 13.2. The quantitative estimate of drug-likeness (QED) is 0.343. The van der Waals surface area contributed by atoms with E-state index in [0.717, 1.165) is 0 Å². The van der Waals surface area contributed by atoms with E-state index in [-0.39, 0.29) is 29.7 Å². The van der Waals surface area contributed by atoms with Gasteiger partial charge in [-0.25, -0.2) is 8.42 Å². The van der Waals surface area contributed by atoms with Crippen LogP contribution in [-0.4, -0.2) is 41.3 Å². The Morgan fingerprint density at radius 1 is 1.55 bits per heavy atom. The van der Waals surface area contributed by atoms with Crippen LogP contribution in [0.4, 0.5) is 0 Å². The first-order chi connectivity index (χ1) is 9.28. The molecule has 0 saturated carbocycles. The first kappa shape index (κ1) is 16.9. The maximum Gasteiger partial charge on any atom is 0.244 e. The third-order valence-electron chi connectivity index (χ3n) is 2.58. The van der Waals surface area contributed by atoms with Crippen LogP contribution in [0.15, 0.2) is 33.0 Å². The average Bonchev–Trinajstić information content (AvgIpc) is 2.37. The molecule has 7 nitrogen and oxygen atoms in total. The van der Waals surface area contributed by atoms with Gasteiger partial charge in [-0.15, -0.1) is 0 Å². The summed E-state index contributed by atoms with van der Waals surface area (Å²) in [4.78, 5) is 3.96. The lowest BCUT2D eigenvalue weighted by molar-refractivity contribution is 0.313. The predicted octanol–water partition coefficient (Wildman–Crippen LogP) is 1.38. The molecule has 1 rings (SSSR count). The number of halogens is 1. The Kier molecular flexibility index (Phi) is 5.90. The minimum Gasteiger partial charge on any atom is -0.409 e. The highest BCUT2D eigenvalue weighted by molar-refractivity contribution is 9.10. The Morgan fingerprint density at radius 3 is 2.70 bits per heavy atom. The fraction of sp³-hybridized carbons (Fsp3) is 0.455. The second-order valence-corrected chi connectivity index (χ2v) is 7.20. The molecule has 0 spiro atoms. The zero-order chi connectivity index (χ0) is 15.3. The molecule has 112 valence electrons. The molecule has 0 fully saturated rings. The number of hydrogen-bond acceptors (Lipinski definition) is 5. The van der Waals surface area contributed by atoms with Gasteiger partial charge < -0.3 is 10.9 Å². The van der Waals surface area contributed by atoms with E-state index in [1.165, 1.54) is 22.8 Å². The molecule has 0 amide bonds. The van der Waals surface area contributed by atoms with E-state index in [2.05, 4.69) is 26.1 Å². The van der Waals surface area contributed by atoms with E-state index in [1.54, 1.807) is 13.8 Å². The number of aromatic nitrogens is 1. The minimum absolute atomic E-state index is 0.0155. The molecule has 1 aromatic heterocycles. The number of rotatable bonds is 6. The summed E-state index contributed by atoms with van der Waals surface area (Å²) < 4.78 is 27.0. The molecular formula is C11H17BrN4O3S. The number of oxime groups is 1. The number of hydrogen-bond donors (Lipinski definition) is 2. The topological polar surface area (TPSA) is 109 Å². The molecule has 1 heterocycles. The summed E-state index contributed by atoms with van der Waals surface area (Å²) in [7, 11) is -3.68. The summed E-state index contributed by atoms with van der Waals surface area (Å²) in [6, 6.07) is 1.23. The fourth-order valence-corrected chi connectivity index (χ4v) is 3.74. The third kappa shape index (κ3) is 4.15. The number of sulfonamides is 1. The van der Waals surface area contributed by atoms with Crippen molar-refractivity contribution in [2.24, 2.45) is 10.9 Å². The van der Waals surface area contributed by atoms with Crippen LogP contribution in [0, 0.1) is 0 Å². The van der Waals surface area contributed by atoms with Gasteiger partial charge in [0.25, 0.3) is 0 Å². The standard InChI is InChI=1S/C11H17BrN4O3S/c1-8(2)16(4-3-11(13)15-17)20(18,19)10-5-9(12)6-14-7-10/h5-8,17H,3-4H2,1-2H3,(H2,13,15). The van der Waals surface area contributed by atoms with E-state index in [0.29, 0.717) is 4.47 Å². The predicted molar refractivity (Wildman–Crippen MR) is 79.0 cm³/mol. The van der Waals surface area contributed by atoms with E-state index < -0.39 is 10.0 Å². The van der Waals surface area contributed by atoms with E-state index in [9.17, 15) is 8.42 Å². The monoisotopic (exact) mass is 364 g/mol. The van der Waals surface area contributed by atoms with E-state index in [1.807, 2.05) is 0 Å². The van der Waals surface area contributed by atoms with E-state index in [4.69, 9.17) is 10.9 Å². The van der Waals surface area contributed by atoms with Crippen molar-refractivity contribution >= 4 is 31.8 Å². The highest BCUT2D eigenvalue weighted by Gasteiger charge is 2.27. The van der Waals surface area contributed by atoms with Gasteiger partial charge in [0.1, 0.15) is 10.7 Å². The lowest BCUT2D eigenvalue weighted by Crippen LogP contribution is -2.39. The first-order valence-electron chi connectivity index (χ1n) is 5.88. The maximum absolute atomic E-state index is 12.5. The number of nitrogens with two attached hydrogens (primary N) is 1. The van der Waals surface area contributed by atoms with Gasteiger partial charge >= 0.3 is 0 Å². The molecule has 0 aliphatic heterocycles. The molecule has 0 unspecified atom stereocenters. The first-order valence-corrected chi connectivity index (χ1v) is 8.11. The molecule has 0 saturated heterocycles. The maximum atomic E-state index is 12.5. The summed E-state index contributed by atoms with van der Waals surface area (Å²) in [5.41, 5.74) is 5.39. The molecule has 0 bridgehead atoms. The van der Waals surface area contributed by atoms with E-state index >= 15 is 0 Å². The third-order valence-corrected chi connectivity index (χ3v) is 5.05. The average molecular weight is 365 g/mol. The molecule has 3 N–H and O–H groups in total. The van der Waals surface area contributed by atoms with Crippen molar-refractivity contribution in [1.29, 1.82) is 0 Å². The Balaban J connectivity index is 3.07. The molecule has 0 radical (unpaired) electrons. The number of amidine groups is 1. The lowest BCUT2D eigenvalue weighted by Gasteiger charge is -2.25. The summed E-state index contributed by atoms with van der Waals surface area (Å²) in [5.74, 6) is -0.0155. The van der Waals surface area contributed by atoms with Gasteiger partial charge in [0.2, 0.25) is 10.0 Å². The Bertz CT molecular complexity index is 589. The Labute approximate surface area is 126 Å². The largest absolute Gasteiger partial charge is 0.409 e. The minimum atomic E-state index is -3.68. The van der Waals surface area contributed by atoms with Crippen LogP contribution in [-0.2, 0) is 10.0 Å². The molecule has 1 aromatic rings. The Hall–Kier alpha value is -1.19. The number of nitrogens with zero attached hydrogens (tertiary/aromatic N) is 3. The smallest absolute Gasteiger partial charge is 0.244 e. The SMILES string of the molecule is CC(C)N(CCC(N)=NO)S(=O)(=O)c1cncc(Br)c1. The van der Waals surface area contributed by atoms with Gasteiger partial charge in [0.15, 0.2) is 0 Å². The van der Waals surface area contributed by atoms with Crippen LogP contribution in [0.25, 0.3) is 0 Å². The van der Waals surface area contributed by atoms with Gasteiger partial charge in [0, 0.05) is 35.9 Å². The van der Waals surface area contributed by atoms with Gasteiger partial charge in [0.05, 0.1) is 0 Å². The summed E-state index contributed by atoms with van der Waals surface area (Å²) in [6.07, 6.45) is 2.95. The lowest BCUT2D eigenvalue weighted by atomic mass is 10.3. The second kappa shape index (κ2) is 7.00. The van der Waals surface area contributed by atoms with Gasteiger partial charge in [-0.1, -0.05) is 5.16 Å². The van der Waals surface area contributed by atoms with Crippen LogP contribution in [0.2, 0.25) is 0 Å². The molecule has 20 heavy (non-hydrogen) atoms. The zero-order valence-electron chi connectivity index (χ0n) is 11.2. The van der Waals surface area contributed by atoms with Crippen molar-refractivity contribution < 1.29 is 13.6 Å². The van der Waals surface area contributed by atoms with Crippen molar-refractivity contribution in [3.05, 3.63) is 22.9 Å². The van der Waals surface area contributed by atoms with Crippen LogP contribution in [0.1, 0.15) is 20.3 Å². The number of pyridine rings is 1. The molecule has 0 aliphatic carbocycles. The van der Waals surface area contributed by atoms with Gasteiger partial charge in [-0.05, 0) is 35.8 Å². The van der Waals surface area contributed by atoms with Gasteiger partial charge in [-0.3, -0.25) is 4.98 Å². The Morgan fingerprint density at radius 2 is 2.20 bits per heavy atom. The van der Waals surface area contributed by atoms with Crippen LogP contribution in [0.5, 0.6) is 0 Å². The highest BCUT2D eigenvalue weighted by atomic mass is 79.9. The molecule has 0 atom stereocenters. The van der Waals surface area contributed by atoms with Crippen molar-refractivity contribution in [2.45, 2.75) is 31.2 Å². The summed E-state index contributed by atoms with van der Waals surface area (Å²) in [5, 5.41) is 11.4. The molecule has 0 aliphatic rings.